The molecule has 1 heterocycles. The summed E-state index contributed by atoms with van der Waals surface area (Å²) in [5.74, 6) is -1.29. The average Bonchev–Trinajstić information content (AvgIpc) is 2.44. The van der Waals surface area contributed by atoms with Crippen molar-refractivity contribution in [2.75, 3.05) is 6.61 Å². The molecule has 1 atom stereocenters. The second-order valence-corrected chi connectivity index (χ2v) is 3.91. The predicted molar refractivity (Wildman–Crippen MR) is 70.1 cm³/mol. The van der Waals surface area contributed by atoms with Gasteiger partial charge in [0.15, 0.2) is 6.04 Å². The summed E-state index contributed by atoms with van der Waals surface area (Å²) >= 11 is 0. The molecule has 0 aliphatic heterocycles. The number of hydrogen-bond donors (Lipinski definition) is 2. The monoisotopic (exact) mass is 265 g/mol. The summed E-state index contributed by atoms with van der Waals surface area (Å²) in [7, 11) is 0. The van der Waals surface area contributed by atoms with Crippen LogP contribution in [0.5, 0.6) is 0 Å². The standard InChI is InChI=1S/C13H19N3O3/c1-3-9-6-5-7-15-10(9)8-16-12(17)11(14)13(18)19-4-2/h5-7,11H,3-4,8,14H2,1-2H3,(H,16,17). The minimum Gasteiger partial charge on any atom is -0.464 e. The number of aryl methyl sites for hydroxylation is 1. The topological polar surface area (TPSA) is 94.3 Å². The molecule has 0 aliphatic carbocycles. The lowest BCUT2D eigenvalue weighted by molar-refractivity contribution is -0.148. The number of amides is 1. The second kappa shape index (κ2) is 7.48. The molecule has 6 nitrogen and oxygen atoms in total. The Kier molecular flexibility index (Phi) is 5.95. The van der Waals surface area contributed by atoms with Gasteiger partial charge in [0.2, 0.25) is 5.91 Å². The highest BCUT2D eigenvalue weighted by Gasteiger charge is 2.23. The van der Waals surface area contributed by atoms with Crippen LogP contribution in [0.1, 0.15) is 25.1 Å². The molecule has 0 aliphatic rings. The summed E-state index contributed by atoms with van der Waals surface area (Å²) in [6.07, 6.45) is 2.48. The van der Waals surface area contributed by atoms with Gasteiger partial charge < -0.3 is 15.8 Å². The van der Waals surface area contributed by atoms with E-state index in [0.717, 1.165) is 17.7 Å². The first-order chi connectivity index (χ1) is 9.10. The van der Waals surface area contributed by atoms with Crippen LogP contribution in [0.2, 0.25) is 0 Å². The van der Waals surface area contributed by atoms with Crippen LogP contribution in [-0.4, -0.2) is 29.5 Å². The Bertz CT molecular complexity index is 449. The molecule has 0 fully saturated rings. The summed E-state index contributed by atoms with van der Waals surface area (Å²) in [6.45, 7) is 4.10. The summed E-state index contributed by atoms with van der Waals surface area (Å²) in [6, 6.07) is 2.49. The van der Waals surface area contributed by atoms with Crippen LogP contribution < -0.4 is 11.1 Å². The molecule has 1 aromatic rings. The van der Waals surface area contributed by atoms with Crippen LogP contribution in [0.15, 0.2) is 18.3 Å². The smallest absolute Gasteiger partial charge is 0.332 e. The average molecular weight is 265 g/mol. The molecule has 6 heteroatoms. The van der Waals surface area contributed by atoms with Gasteiger partial charge in [-0.1, -0.05) is 13.0 Å². The van der Waals surface area contributed by atoms with E-state index in [9.17, 15) is 9.59 Å². The number of carbonyl (C=O) groups excluding carboxylic acids is 2. The molecule has 104 valence electrons. The van der Waals surface area contributed by atoms with Crippen molar-refractivity contribution in [2.45, 2.75) is 32.9 Å². The van der Waals surface area contributed by atoms with E-state index in [4.69, 9.17) is 5.73 Å². The van der Waals surface area contributed by atoms with Crippen molar-refractivity contribution in [3.63, 3.8) is 0 Å². The fourth-order valence-electron chi connectivity index (χ4n) is 1.57. The summed E-state index contributed by atoms with van der Waals surface area (Å²) in [5.41, 5.74) is 7.30. The zero-order chi connectivity index (χ0) is 14.3. The third kappa shape index (κ3) is 4.33. The van der Waals surface area contributed by atoms with Crippen molar-refractivity contribution in [3.05, 3.63) is 29.6 Å². The quantitative estimate of drug-likeness (QED) is 0.564. The van der Waals surface area contributed by atoms with Crippen LogP contribution in [0, 0.1) is 0 Å². The number of rotatable bonds is 6. The Morgan fingerprint density at radius 3 is 2.84 bits per heavy atom. The molecule has 1 aromatic heterocycles. The Morgan fingerprint density at radius 1 is 1.47 bits per heavy atom. The van der Waals surface area contributed by atoms with E-state index in [0.29, 0.717) is 0 Å². The maximum absolute atomic E-state index is 11.7. The molecule has 3 N–H and O–H groups in total. The maximum Gasteiger partial charge on any atom is 0.332 e. The predicted octanol–water partition coefficient (Wildman–Crippen LogP) is 0.151. The molecule has 0 bridgehead atoms. The van der Waals surface area contributed by atoms with Crippen LogP contribution in [-0.2, 0) is 27.3 Å². The zero-order valence-corrected chi connectivity index (χ0v) is 11.2. The van der Waals surface area contributed by atoms with Crippen molar-refractivity contribution in [3.8, 4) is 0 Å². The zero-order valence-electron chi connectivity index (χ0n) is 11.2. The van der Waals surface area contributed by atoms with Gasteiger partial charge in [-0.25, -0.2) is 4.79 Å². The number of esters is 1. The number of aromatic nitrogens is 1. The third-order valence-corrected chi connectivity index (χ3v) is 2.62. The molecule has 19 heavy (non-hydrogen) atoms. The minimum atomic E-state index is -1.30. The number of hydrogen-bond acceptors (Lipinski definition) is 5. The second-order valence-electron chi connectivity index (χ2n) is 3.91. The Labute approximate surface area is 112 Å². The maximum atomic E-state index is 11.7. The van der Waals surface area contributed by atoms with Gasteiger partial charge in [0.05, 0.1) is 18.8 Å². The molecule has 0 spiro atoms. The van der Waals surface area contributed by atoms with Gasteiger partial charge in [-0.2, -0.15) is 0 Å². The summed E-state index contributed by atoms with van der Waals surface area (Å²) in [4.78, 5) is 27.2. The van der Waals surface area contributed by atoms with E-state index in [-0.39, 0.29) is 13.2 Å². The van der Waals surface area contributed by atoms with Crippen molar-refractivity contribution >= 4 is 11.9 Å². The molecule has 0 saturated carbocycles. The van der Waals surface area contributed by atoms with Crippen LogP contribution in [0.3, 0.4) is 0 Å². The number of ether oxygens (including phenoxy) is 1. The highest BCUT2D eigenvalue weighted by Crippen LogP contribution is 2.05. The van der Waals surface area contributed by atoms with E-state index in [1.165, 1.54) is 0 Å². The SMILES string of the molecule is CCOC(=O)C(N)C(=O)NCc1ncccc1CC. The number of pyridine rings is 1. The molecule has 0 radical (unpaired) electrons. The van der Waals surface area contributed by atoms with Crippen molar-refractivity contribution in [1.29, 1.82) is 0 Å². The lowest BCUT2D eigenvalue weighted by Gasteiger charge is -2.12. The van der Waals surface area contributed by atoms with Crippen molar-refractivity contribution in [1.82, 2.24) is 10.3 Å². The number of nitrogens with two attached hydrogens (primary N) is 1. The largest absolute Gasteiger partial charge is 0.464 e. The fraction of sp³-hybridized carbons (Fsp3) is 0.462. The Balaban J connectivity index is 2.56. The third-order valence-electron chi connectivity index (χ3n) is 2.62. The van der Waals surface area contributed by atoms with Gasteiger partial charge in [0.25, 0.3) is 0 Å². The van der Waals surface area contributed by atoms with Crippen molar-refractivity contribution in [2.24, 2.45) is 5.73 Å². The van der Waals surface area contributed by atoms with Crippen LogP contribution in [0.4, 0.5) is 0 Å². The van der Waals surface area contributed by atoms with E-state index in [2.05, 4.69) is 15.0 Å². The molecule has 0 saturated heterocycles. The van der Waals surface area contributed by atoms with Crippen LogP contribution >= 0.6 is 0 Å². The normalized spacial score (nSPS) is 11.7. The lowest BCUT2D eigenvalue weighted by Crippen LogP contribution is -2.46. The van der Waals surface area contributed by atoms with E-state index < -0.39 is 17.9 Å². The Hall–Kier alpha value is -1.95. The molecule has 0 aromatic carbocycles. The lowest BCUT2D eigenvalue weighted by atomic mass is 10.1. The first kappa shape index (κ1) is 15.1. The Morgan fingerprint density at radius 2 is 2.21 bits per heavy atom. The first-order valence-corrected chi connectivity index (χ1v) is 6.22. The number of nitrogens with one attached hydrogen (secondary N) is 1. The van der Waals surface area contributed by atoms with Gasteiger partial charge in [0.1, 0.15) is 0 Å². The minimum absolute atomic E-state index is 0.194. The molecule has 1 unspecified atom stereocenters. The highest BCUT2D eigenvalue weighted by molar-refractivity contribution is 6.01. The molecular weight excluding hydrogens is 246 g/mol. The van der Waals surface area contributed by atoms with Crippen molar-refractivity contribution < 1.29 is 14.3 Å². The summed E-state index contributed by atoms with van der Waals surface area (Å²) < 4.78 is 4.68. The number of nitrogens with zero attached hydrogens (tertiary/aromatic N) is 1. The number of carbonyl (C=O) groups is 2. The summed E-state index contributed by atoms with van der Waals surface area (Å²) in [5, 5.41) is 2.59. The van der Waals surface area contributed by atoms with Crippen LogP contribution in [0.25, 0.3) is 0 Å². The van der Waals surface area contributed by atoms with Gasteiger partial charge in [-0.05, 0) is 25.0 Å². The van der Waals surface area contributed by atoms with Gasteiger partial charge >= 0.3 is 5.97 Å². The molecular formula is C13H19N3O3. The van der Waals surface area contributed by atoms with Gasteiger partial charge in [-0.15, -0.1) is 0 Å². The molecule has 1 amide bonds. The van der Waals surface area contributed by atoms with E-state index >= 15 is 0 Å². The van der Waals surface area contributed by atoms with Gasteiger partial charge in [-0.3, -0.25) is 9.78 Å². The highest BCUT2D eigenvalue weighted by atomic mass is 16.5. The first-order valence-electron chi connectivity index (χ1n) is 6.22. The fourth-order valence-corrected chi connectivity index (χ4v) is 1.57. The van der Waals surface area contributed by atoms with E-state index in [1.807, 2.05) is 19.1 Å². The van der Waals surface area contributed by atoms with E-state index in [1.54, 1.807) is 13.1 Å². The van der Waals surface area contributed by atoms with Gasteiger partial charge in [0, 0.05) is 6.20 Å². The molecule has 1 rings (SSSR count).